The second-order valence-corrected chi connectivity index (χ2v) is 4.67. The molecule has 0 bridgehead atoms. The normalized spacial score (nSPS) is 27.4. The monoisotopic (exact) mass is 216 g/mol. The Morgan fingerprint density at radius 1 is 1.25 bits per heavy atom. The first-order chi connectivity index (χ1) is 7.83. The van der Waals surface area contributed by atoms with E-state index in [0.717, 1.165) is 30.9 Å². The van der Waals surface area contributed by atoms with Crippen LogP contribution in [-0.4, -0.2) is 32.7 Å². The molecule has 2 fully saturated rings. The molecule has 0 aromatic carbocycles. The van der Waals surface area contributed by atoms with Crippen LogP contribution in [-0.2, 0) is 0 Å². The van der Waals surface area contributed by atoms with Gasteiger partial charge in [-0.1, -0.05) is 0 Å². The van der Waals surface area contributed by atoms with Crippen LogP contribution in [0.1, 0.15) is 6.42 Å². The van der Waals surface area contributed by atoms with Gasteiger partial charge in [-0.2, -0.15) is 0 Å². The molecular weight excluding hydrogens is 204 g/mol. The van der Waals surface area contributed by atoms with E-state index in [2.05, 4.69) is 20.1 Å². The molecule has 1 saturated heterocycles. The molecule has 1 saturated carbocycles. The highest BCUT2D eigenvalue weighted by Gasteiger charge is 2.46. The maximum Gasteiger partial charge on any atom is 0.231 e. The van der Waals surface area contributed by atoms with Gasteiger partial charge in [0.15, 0.2) is 5.82 Å². The summed E-state index contributed by atoms with van der Waals surface area (Å²) in [5.41, 5.74) is 6.40. The molecule has 16 heavy (non-hydrogen) atoms. The quantitative estimate of drug-likeness (QED) is 0.735. The summed E-state index contributed by atoms with van der Waals surface area (Å²) in [5.74, 6) is 3.10. The molecule has 2 aliphatic rings. The van der Waals surface area contributed by atoms with E-state index < -0.39 is 0 Å². The van der Waals surface area contributed by atoms with Crippen LogP contribution >= 0.6 is 0 Å². The van der Waals surface area contributed by atoms with E-state index in [-0.39, 0.29) is 0 Å². The molecule has 2 atom stereocenters. The van der Waals surface area contributed by atoms with Crippen LogP contribution in [0.5, 0.6) is 0 Å². The zero-order valence-electron chi connectivity index (χ0n) is 8.74. The summed E-state index contributed by atoms with van der Waals surface area (Å²) in [4.78, 5) is 6.30. The Hall–Kier alpha value is -1.85. The lowest BCUT2D eigenvalue weighted by atomic mass is 10.4. The lowest BCUT2D eigenvalue weighted by molar-refractivity contribution is 0.780. The Kier molecular flexibility index (Phi) is 1.37. The third-order valence-corrected chi connectivity index (χ3v) is 3.60. The SMILES string of the molecule is Nc1nccn2c(N3C[C@H]4C[C@H]4C3)nnc12. The van der Waals surface area contributed by atoms with Crippen molar-refractivity contribution in [2.45, 2.75) is 6.42 Å². The molecule has 82 valence electrons. The second-order valence-electron chi connectivity index (χ2n) is 4.67. The van der Waals surface area contributed by atoms with Crippen molar-refractivity contribution in [1.29, 1.82) is 0 Å². The molecule has 1 aliphatic carbocycles. The van der Waals surface area contributed by atoms with Gasteiger partial charge in [-0.3, -0.25) is 4.40 Å². The van der Waals surface area contributed by atoms with Crippen molar-refractivity contribution in [3.05, 3.63) is 12.4 Å². The Morgan fingerprint density at radius 3 is 2.88 bits per heavy atom. The zero-order valence-corrected chi connectivity index (χ0v) is 8.74. The van der Waals surface area contributed by atoms with Gasteiger partial charge in [0.1, 0.15) is 0 Å². The van der Waals surface area contributed by atoms with Crippen LogP contribution in [0.4, 0.5) is 11.8 Å². The number of aromatic nitrogens is 4. The third kappa shape index (κ3) is 0.986. The first-order valence-corrected chi connectivity index (χ1v) is 5.53. The number of fused-ring (bicyclic) bond motifs is 2. The van der Waals surface area contributed by atoms with Crippen LogP contribution in [0.15, 0.2) is 12.4 Å². The summed E-state index contributed by atoms with van der Waals surface area (Å²) >= 11 is 0. The molecule has 2 aromatic heterocycles. The maximum atomic E-state index is 5.75. The van der Waals surface area contributed by atoms with Crippen LogP contribution in [0, 0.1) is 11.8 Å². The predicted molar refractivity (Wildman–Crippen MR) is 59.0 cm³/mol. The molecule has 2 N–H and O–H groups in total. The van der Waals surface area contributed by atoms with Crippen molar-refractivity contribution >= 4 is 17.4 Å². The topological polar surface area (TPSA) is 72.3 Å². The lowest BCUT2D eigenvalue weighted by Gasteiger charge is -2.16. The van der Waals surface area contributed by atoms with E-state index in [1.165, 1.54) is 6.42 Å². The highest BCUT2D eigenvalue weighted by atomic mass is 15.4. The Bertz CT molecular complexity index is 551. The Balaban J connectivity index is 1.82. The zero-order chi connectivity index (χ0) is 10.7. The smallest absolute Gasteiger partial charge is 0.231 e. The number of nitrogens with two attached hydrogens (primary N) is 1. The van der Waals surface area contributed by atoms with E-state index >= 15 is 0 Å². The third-order valence-electron chi connectivity index (χ3n) is 3.60. The van der Waals surface area contributed by atoms with Crippen molar-refractivity contribution in [3.63, 3.8) is 0 Å². The Labute approximate surface area is 92.1 Å². The van der Waals surface area contributed by atoms with Crippen molar-refractivity contribution in [2.75, 3.05) is 23.7 Å². The highest BCUT2D eigenvalue weighted by Crippen LogP contribution is 2.45. The van der Waals surface area contributed by atoms with Gasteiger partial charge in [-0.15, -0.1) is 10.2 Å². The van der Waals surface area contributed by atoms with Gasteiger partial charge in [0, 0.05) is 25.5 Å². The molecule has 0 amide bonds. The standard InChI is InChI=1S/C10H12N6/c11-8-9-13-14-10(16(9)2-1-12-8)15-4-6-3-7(6)5-15/h1-2,6-7H,3-5H2,(H2,11,12)/t6-,7+. The fourth-order valence-corrected chi connectivity index (χ4v) is 2.61. The largest absolute Gasteiger partial charge is 0.381 e. The number of nitrogen functional groups attached to an aromatic ring is 1. The molecule has 0 radical (unpaired) electrons. The van der Waals surface area contributed by atoms with Gasteiger partial charge in [0.05, 0.1) is 0 Å². The number of hydrogen-bond acceptors (Lipinski definition) is 5. The second kappa shape index (κ2) is 2.63. The highest BCUT2D eigenvalue weighted by molar-refractivity contribution is 5.61. The molecule has 0 unspecified atom stereocenters. The molecule has 4 rings (SSSR count). The van der Waals surface area contributed by atoms with Gasteiger partial charge in [0.25, 0.3) is 0 Å². The predicted octanol–water partition coefficient (Wildman–Crippen LogP) is 0.163. The van der Waals surface area contributed by atoms with Crippen molar-refractivity contribution in [2.24, 2.45) is 11.8 Å². The number of anilines is 2. The number of nitrogens with zero attached hydrogens (tertiary/aromatic N) is 5. The van der Waals surface area contributed by atoms with E-state index in [0.29, 0.717) is 11.5 Å². The van der Waals surface area contributed by atoms with E-state index in [1.807, 2.05) is 10.6 Å². The van der Waals surface area contributed by atoms with E-state index in [1.54, 1.807) is 6.20 Å². The first kappa shape index (κ1) is 8.32. The van der Waals surface area contributed by atoms with Crippen molar-refractivity contribution in [3.8, 4) is 0 Å². The summed E-state index contributed by atoms with van der Waals surface area (Å²) < 4.78 is 1.92. The molecule has 6 nitrogen and oxygen atoms in total. The molecule has 1 aliphatic heterocycles. The summed E-state index contributed by atoms with van der Waals surface area (Å²) in [7, 11) is 0. The minimum absolute atomic E-state index is 0.436. The van der Waals surface area contributed by atoms with Gasteiger partial charge in [-0.25, -0.2) is 4.98 Å². The van der Waals surface area contributed by atoms with Gasteiger partial charge >= 0.3 is 0 Å². The minimum Gasteiger partial charge on any atom is -0.381 e. The number of hydrogen-bond donors (Lipinski definition) is 1. The van der Waals surface area contributed by atoms with Crippen LogP contribution < -0.4 is 10.6 Å². The summed E-state index contributed by atoms with van der Waals surface area (Å²) in [6.45, 7) is 2.21. The van der Waals surface area contributed by atoms with E-state index in [4.69, 9.17) is 5.73 Å². The molecular formula is C10H12N6. The lowest BCUT2D eigenvalue weighted by Crippen LogP contribution is -2.24. The van der Waals surface area contributed by atoms with Gasteiger partial charge in [-0.05, 0) is 18.3 Å². The minimum atomic E-state index is 0.436. The average Bonchev–Trinajstić information content (AvgIpc) is 2.77. The molecule has 0 spiro atoms. The van der Waals surface area contributed by atoms with Crippen molar-refractivity contribution in [1.82, 2.24) is 19.6 Å². The fourth-order valence-electron chi connectivity index (χ4n) is 2.61. The van der Waals surface area contributed by atoms with Crippen LogP contribution in [0.3, 0.4) is 0 Å². The molecule has 3 heterocycles. The summed E-state index contributed by atoms with van der Waals surface area (Å²) in [6.07, 6.45) is 4.94. The number of rotatable bonds is 1. The summed E-state index contributed by atoms with van der Waals surface area (Å²) in [5, 5.41) is 8.30. The fraction of sp³-hybridized carbons (Fsp3) is 0.500. The van der Waals surface area contributed by atoms with Gasteiger partial charge < -0.3 is 10.6 Å². The summed E-state index contributed by atoms with van der Waals surface area (Å²) in [6, 6.07) is 0. The first-order valence-electron chi connectivity index (χ1n) is 5.53. The maximum absolute atomic E-state index is 5.75. The number of piperidine rings is 1. The van der Waals surface area contributed by atoms with Gasteiger partial charge in [0.2, 0.25) is 11.6 Å². The Morgan fingerprint density at radius 2 is 2.06 bits per heavy atom. The average molecular weight is 216 g/mol. The van der Waals surface area contributed by atoms with Crippen LogP contribution in [0.25, 0.3) is 5.65 Å². The van der Waals surface area contributed by atoms with Crippen LogP contribution in [0.2, 0.25) is 0 Å². The van der Waals surface area contributed by atoms with E-state index in [9.17, 15) is 0 Å². The molecule has 2 aromatic rings. The molecule has 6 heteroatoms. The van der Waals surface area contributed by atoms with Crippen molar-refractivity contribution < 1.29 is 0 Å².